The van der Waals surface area contributed by atoms with Gasteiger partial charge in [-0.3, -0.25) is 9.79 Å². The molecule has 2 atom stereocenters. The molecule has 0 bridgehead atoms. The van der Waals surface area contributed by atoms with Gasteiger partial charge in [0.15, 0.2) is 9.84 Å². The Kier molecular flexibility index (Phi) is 6.08. The molecule has 1 aliphatic heterocycles. The van der Waals surface area contributed by atoms with Crippen molar-refractivity contribution in [2.24, 2.45) is 10.9 Å². The minimum atomic E-state index is -3.57. The van der Waals surface area contributed by atoms with E-state index in [1.807, 2.05) is 36.4 Å². The number of hydrogen-bond donors (Lipinski definition) is 1. The molecule has 148 valence electrons. The van der Waals surface area contributed by atoms with Gasteiger partial charge < -0.3 is 10.1 Å². The first kappa shape index (κ1) is 20.0. The molecule has 0 aromatic heterocycles. The number of amides is 1. The number of hydrogen-bond acceptors (Lipinski definition) is 6. The lowest BCUT2D eigenvalue weighted by Crippen LogP contribution is -2.25. The van der Waals surface area contributed by atoms with Crippen molar-refractivity contribution in [2.45, 2.75) is 25.4 Å². The number of methoxy groups -OCH3 is 1. The molecule has 1 aliphatic carbocycles. The summed E-state index contributed by atoms with van der Waals surface area (Å²) in [5.74, 6) is -0.991. The molecule has 0 saturated carbocycles. The van der Waals surface area contributed by atoms with Crippen LogP contribution < -0.4 is 5.32 Å². The fourth-order valence-electron chi connectivity index (χ4n) is 3.28. The minimum absolute atomic E-state index is 0.122. The summed E-state index contributed by atoms with van der Waals surface area (Å²) in [5.41, 5.74) is 2.87. The van der Waals surface area contributed by atoms with Crippen LogP contribution in [-0.4, -0.2) is 44.9 Å². The second-order valence-electron chi connectivity index (χ2n) is 6.76. The van der Waals surface area contributed by atoms with Crippen LogP contribution in [-0.2, 0) is 24.2 Å². The molecule has 7 nitrogen and oxygen atoms in total. The zero-order chi connectivity index (χ0) is 20.1. The number of nitrogens with one attached hydrogen (secondary N) is 1. The van der Waals surface area contributed by atoms with Gasteiger partial charge in [-0.2, -0.15) is 0 Å². The lowest BCUT2D eigenvalue weighted by molar-refractivity contribution is -0.135. The van der Waals surface area contributed by atoms with E-state index < -0.39 is 22.0 Å². The molecule has 0 spiro atoms. The van der Waals surface area contributed by atoms with E-state index in [0.29, 0.717) is 30.4 Å². The highest BCUT2D eigenvalue weighted by atomic mass is 32.2. The van der Waals surface area contributed by atoms with Crippen LogP contribution in [0.1, 0.15) is 24.8 Å². The van der Waals surface area contributed by atoms with E-state index in [2.05, 4.69) is 10.3 Å². The third kappa shape index (κ3) is 4.95. The van der Waals surface area contributed by atoms with Gasteiger partial charge in [-0.05, 0) is 29.9 Å². The lowest BCUT2D eigenvalue weighted by Gasteiger charge is -2.20. The third-order valence-electron chi connectivity index (χ3n) is 4.63. The lowest BCUT2D eigenvalue weighted by atomic mass is 9.87. The summed E-state index contributed by atoms with van der Waals surface area (Å²) in [6.45, 7) is 0. The van der Waals surface area contributed by atoms with E-state index in [0.717, 1.165) is 11.1 Å². The Morgan fingerprint density at radius 3 is 2.71 bits per heavy atom. The average Bonchev–Trinajstić information content (AvgIpc) is 3.11. The maximum Gasteiger partial charge on any atom is 0.338 e. The Hall–Kier alpha value is -2.74. The van der Waals surface area contributed by atoms with Crippen molar-refractivity contribution in [3.63, 3.8) is 0 Å². The molecular weight excluding hydrogens is 380 g/mol. The number of sulfone groups is 1. The first-order valence-electron chi connectivity index (χ1n) is 8.99. The molecule has 8 heteroatoms. The number of nitrogens with zero attached hydrogens (tertiary/aromatic N) is 1. The van der Waals surface area contributed by atoms with Crippen LogP contribution in [0.4, 0.5) is 0 Å². The van der Waals surface area contributed by atoms with E-state index in [4.69, 9.17) is 4.74 Å². The first-order chi connectivity index (χ1) is 13.4. The zero-order valence-corrected chi connectivity index (χ0v) is 16.3. The van der Waals surface area contributed by atoms with Crippen LogP contribution in [0.2, 0.25) is 0 Å². The van der Waals surface area contributed by atoms with Gasteiger partial charge in [0.25, 0.3) is 0 Å². The smallest absolute Gasteiger partial charge is 0.338 e. The molecule has 1 fully saturated rings. The molecule has 28 heavy (non-hydrogen) atoms. The summed E-state index contributed by atoms with van der Waals surface area (Å²) in [6, 6.07) is 9.31. The van der Waals surface area contributed by atoms with Crippen LogP contribution in [0.15, 0.2) is 53.0 Å². The summed E-state index contributed by atoms with van der Waals surface area (Å²) in [5, 5.41) is 2.61. The van der Waals surface area contributed by atoms with Crippen molar-refractivity contribution >= 4 is 32.8 Å². The largest absolute Gasteiger partial charge is 0.465 e. The van der Waals surface area contributed by atoms with Crippen LogP contribution in [0.25, 0.3) is 5.57 Å². The molecule has 1 N–H and O–H groups in total. The Balaban J connectivity index is 1.78. The molecule has 0 radical (unpaired) electrons. The Labute approximate surface area is 164 Å². The second kappa shape index (κ2) is 8.52. The van der Waals surface area contributed by atoms with Gasteiger partial charge >= 0.3 is 5.97 Å². The molecule has 1 aromatic carbocycles. The van der Waals surface area contributed by atoms with Gasteiger partial charge in [0, 0.05) is 6.42 Å². The average molecular weight is 402 g/mol. The van der Waals surface area contributed by atoms with Crippen LogP contribution >= 0.6 is 0 Å². The van der Waals surface area contributed by atoms with Gasteiger partial charge in [0.2, 0.25) is 5.91 Å². The van der Waals surface area contributed by atoms with Crippen molar-refractivity contribution in [2.75, 3.05) is 12.9 Å². The summed E-state index contributed by atoms with van der Waals surface area (Å²) >= 11 is 0. The van der Waals surface area contributed by atoms with E-state index >= 15 is 0 Å². The van der Waals surface area contributed by atoms with E-state index in [1.54, 1.807) is 6.08 Å². The zero-order valence-electron chi connectivity index (χ0n) is 15.5. The normalized spacial score (nSPS) is 22.5. The Morgan fingerprint density at radius 2 is 2.07 bits per heavy atom. The summed E-state index contributed by atoms with van der Waals surface area (Å²) < 4.78 is 29.8. The molecule has 1 unspecified atom stereocenters. The molecule has 2 aliphatic rings. The fraction of sp³-hybridized carbons (Fsp3) is 0.350. The second-order valence-corrected chi connectivity index (χ2v) is 8.63. The van der Waals surface area contributed by atoms with Gasteiger partial charge in [-0.1, -0.05) is 42.5 Å². The van der Waals surface area contributed by atoms with Crippen molar-refractivity contribution in [1.29, 1.82) is 0 Å². The topological polar surface area (TPSA) is 102 Å². The first-order valence-corrected chi connectivity index (χ1v) is 10.7. The van der Waals surface area contributed by atoms with Crippen molar-refractivity contribution < 1.29 is 22.7 Å². The van der Waals surface area contributed by atoms with E-state index in [-0.39, 0.29) is 17.6 Å². The number of esters is 1. The van der Waals surface area contributed by atoms with Crippen molar-refractivity contribution in [3.05, 3.63) is 53.6 Å². The highest BCUT2D eigenvalue weighted by molar-refractivity contribution is 8.04. The number of rotatable bonds is 6. The number of benzene rings is 1. The molecule has 1 amide bonds. The van der Waals surface area contributed by atoms with Crippen LogP contribution in [0.5, 0.6) is 0 Å². The Morgan fingerprint density at radius 1 is 1.32 bits per heavy atom. The fourth-order valence-corrected chi connectivity index (χ4v) is 4.53. The SMILES string of the molecule is COC(=O)C1=CCC(CS(=O)(=O)C=N[C@H]2CCC(=O)N2)C=C1c1ccccc1. The standard InChI is InChI=1S/C20H22N2O5S/c1-27-20(24)16-8-7-14(11-17(16)15-5-3-2-4-6-15)12-28(25,26)13-21-18-9-10-19(23)22-18/h2-6,8,11,13-14,18H,7,9-10,12H2,1H3,(H,22,23)/t14?,18-/m1/s1. The monoisotopic (exact) mass is 402 g/mol. The maximum absolute atomic E-state index is 12.4. The van der Waals surface area contributed by atoms with Gasteiger partial charge in [-0.25, -0.2) is 13.2 Å². The van der Waals surface area contributed by atoms with Crippen molar-refractivity contribution in [1.82, 2.24) is 5.32 Å². The molecular formula is C20H22N2O5S. The predicted octanol–water partition coefficient (Wildman–Crippen LogP) is 1.87. The van der Waals surface area contributed by atoms with Gasteiger partial charge in [0.1, 0.15) is 11.7 Å². The molecule has 3 rings (SSSR count). The minimum Gasteiger partial charge on any atom is -0.465 e. The van der Waals surface area contributed by atoms with E-state index in [1.165, 1.54) is 7.11 Å². The number of carbonyl (C=O) groups excluding carboxylic acids is 2. The Bertz CT molecular complexity index is 948. The highest BCUT2D eigenvalue weighted by Crippen LogP contribution is 2.32. The maximum atomic E-state index is 12.4. The number of aliphatic imine (C=N–C) groups is 1. The molecule has 1 aromatic rings. The van der Waals surface area contributed by atoms with Gasteiger partial charge in [0.05, 0.1) is 18.4 Å². The predicted molar refractivity (Wildman–Crippen MR) is 106 cm³/mol. The van der Waals surface area contributed by atoms with Crippen LogP contribution in [0, 0.1) is 5.92 Å². The highest BCUT2D eigenvalue weighted by Gasteiger charge is 2.26. The summed E-state index contributed by atoms with van der Waals surface area (Å²) in [4.78, 5) is 27.3. The number of allylic oxidation sites excluding steroid dienone is 2. The summed E-state index contributed by atoms with van der Waals surface area (Å²) in [6.07, 6.45) is 4.32. The quantitative estimate of drug-likeness (QED) is 0.445. The molecule has 1 heterocycles. The van der Waals surface area contributed by atoms with Crippen LogP contribution in [0.3, 0.4) is 0 Å². The third-order valence-corrected chi connectivity index (χ3v) is 5.96. The molecule has 1 saturated heterocycles. The van der Waals surface area contributed by atoms with Gasteiger partial charge in [-0.15, -0.1) is 0 Å². The van der Waals surface area contributed by atoms with E-state index in [9.17, 15) is 18.0 Å². The number of ether oxygens (including phenoxy) is 1. The number of carbonyl (C=O) groups is 2. The summed E-state index contributed by atoms with van der Waals surface area (Å²) in [7, 11) is -2.25. The van der Waals surface area contributed by atoms with Crippen molar-refractivity contribution in [3.8, 4) is 0 Å².